The van der Waals surface area contributed by atoms with Gasteiger partial charge in [-0.15, -0.1) is 0 Å². The molecule has 0 aromatic heterocycles. The van der Waals surface area contributed by atoms with Crippen molar-refractivity contribution in [1.82, 2.24) is 4.90 Å². The van der Waals surface area contributed by atoms with Crippen LogP contribution >= 0.6 is 0 Å². The van der Waals surface area contributed by atoms with Gasteiger partial charge in [-0.2, -0.15) is 0 Å². The summed E-state index contributed by atoms with van der Waals surface area (Å²) >= 11 is 0. The molecule has 102 valence electrons. The molecule has 0 heterocycles. The highest BCUT2D eigenvalue weighted by atomic mass is 16.6. The van der Waals surface area contributed by atoms with Gasteiger partial charge in [-0.3, -0.25) is 14.4 Å². The van der Waals surface area contributed by atoms with Crippen LogP contribution in [0.5, 0.6) is 0 Å². The molecule has 0 bridgehead atoms. The van der Waals surface area contributed by atoms with Crippen LogP contribution in [0.1, 0.15) is 27.2 Å². The van der Waals surface area contributed by atoms with Gasteiger partial charge < -0.3 is 14.9 Å². The van der Waals surface area contributed by atoms with Crippen LogP contribution in [0.2, 0.25) is 0 Å². The molecule has 0 fully saturated rings. The number of aliphatic carboxylic acids is 2. The van der Waals surface area contributed by atoms with Gasteiger partial charge >= 0.3 is 18.0 Å². The maximum Gasteiger partial charge on any atom is 0.417 e. The Morgan fingerprint density at radius 1 is 1.06 bits per heavy atom. The summed E-state index contributed by atoms with van der Waals surface area (Å²) in [6.45, 7) is 3.66. The third-order valence-electron chi connectivity index (χ3n) is 1.51. The molecule has 8 heteroatoms. The fourth-order valence-corrected chi connectivity index (χ4v) is 0.932. The summed E-state index contributed by atoms with van der Waals surface area (Å²) in [6, 6.07) is 0. The molecule has 0 aliphatic rings. The lowest BCUT2D eigenvalue weighted by molar-refractivity contribution is -0.148. The molecule has 0 unspecified atom stereocenters. The molecule has 8 nitrogen and oxygen atoms in total. The summed E-state index contributed by atoms with van der Waals surface area (Å²) in [5.41, 5.74) is -0.919. The Labute approximate surface area is 103 Å². The van der Waals surface area contributed by atoms with Crippen LogP contribution < -0.4 is 0 Å². The molecule has 18 heavy (non-hydrogen) atoms. The second kappa shape index (κ2) is 5.99. The molecule has 0 radical (unpaired) electrons. The highest BCUT2D eigenvalue weighted by molar-refractivity contribution is 6.02. The fraction of sp³-hybridized carbons (Fsp3) is 0.600. The molecule has 0 rings (SSSR count). The Morgan fingerprint density at radius 3 is 1.89 bits per heavy atom. The van der Waals surface area contributed by atoms with Crippen LogP contribution in [0.25, 0.3) is 0 Å². The van der Waals surface area contributed by atoms with Crippen LogP contribution in [0.3, 0.4) is 0 Å². The van der Waals surface area contributed by atoms with E-state index in [0.29, 0.717) is 0 Å². The highest BCUT2D eigenvalue weighted by Crippen LogP contribution is 2.10. The van der Waals surface area contributed by atoms with Crippen molar-refractivity contribution in [2.24, 2.45) is 0 Å². The predicted octanol–water partition coefficient (Wildman–Crippen LogP) is 0.309. The van der Waals surface area contributed by atoms with E-state index in [9.17, 15) is 19.2 Å². The summed E-state index contributed by atoms with van der Waals surface area (Å²) in [5.74, 6) is -4.04. The zero-order valence-electron chi connectivity index (χ0n) is 10.3. The van der Waals surface area contributed by atoms with Gasteiger partial charge in [0, 0.05) is 0 Å². The largest absolute Gasteiger partial charge is 0.481 e. The monoisotopic (exact) mass is 261 g/mol. The standard InChI is InChI=1S/C10H15NO7/c1-10(2,3)18-9(17)11(5-8(15)16)6(12)4-7(13)14/h4-5H2,1-3H3,(H,13,14)(H,15,16). The lowest BCUT2D eigenvalue weighted by Crippen LogP contribution is -2.44. The minimum absolute atomic E-state index is 0.252. The Kier molecular flexibility index (Phi) is 5.28. The van der Waals surface area contributed by atoms with E-state index in [0.717, 1.165) is 0 Å². The smallest absolute Gasteiger partial charge is 0.417 e. The van der Waals surface area contributed by atoms with Gasteiger partial charge in [-0.25, -0.2) is 9.69 Å². The van der Waals surface area contributed by atoms with Gasteiger partial charge in [-0.1, -0.05) is 0 Å². The second-order valence-electron chi connectivity index (χ2n) is 4.42. The molecule has 2 N–H and O–H groups in total. The maximum absolute atomic E-state index is 11.5. The lowest BCUT2D eigenvalue weighted by Gasteiger charge is -2.24. The fourth-order valence-electron chi connectivity index (χ4n) is 0.932. The summed E-state index contributed by atoms with van der Waals surface area (Å²) in [6.07, 6.45) is -2.16. The molecule has 0 atom stereocenters. The quantitative estimate of drug-likeness (QED) is 0.698. The molecule has 0 aliphatic carbocycles. The van der Waals surface area contributed by atoms with Crippen molar-refractivity contribution in [3.63, 3.8) is 0 Å². The number of imide groups is 1. The van der Waals surface area contributed by atoms with E-state index < -0.39 is 42.5 Å². The molecule has 0 aromatic rings. The number of ether oxygens (including phenoxy) is 1. The van der Waals surface area contributed by atoms with Crippen molar-refractivity contribution in [2.45, 2.75) is 32.8 Å². The minimum atomic E-state index is -1.46. The van der Waals surface area contributed by atoms with Gasteiger partial charge in [0.15, 0.2) is 0 Å². The van der Waals surface area contributed by atoms with Crippen LogP contribution in [0.4, 0.5) is 4.79 Å². The number of hydrogen-bond donors (Lipinski definition) is 2. The first-order valence-electron chi connectivity index (χ1n) is 5.00. The number of rotatable bonds is 4. The maximum atomic E-state index is 11.5. The van der Waals surface area contributed by atoms with Crippen molar-refractivity contribution in [1.29, 1.82) is 0 Å². The molecular formula is C10H15NO7. The number of carbonyl (C=O) groups is 4. The van der Waals surface area contributed by atoms with Crippen LogP contribution in [-0.4, -0.2) is 51.2 Å². The molecular weight excluding hydrogens is 246 g/mol. The first kappa shape index (κ1) is 15.9. The minimum Gasteiger partial charge on any atom is -0.481 e. The van der Waals surface area contributed by atoms with E-state index in [1.54, 1.807) is 0 Å². The van der Waals surface area contributed by atoms with Crippen LogP contribution in [-0.2, 0) is 19.1 Å². The molecule has 2 amide bonds. The lowest BCUT2D eigenvalue weighted by atomic mass is 10.2. The SMILES string of the molecule is CC(C)(C)OC(=O)N(CC(=O)O)C(=O)CC(=O)O. The van der Waals surface area contributed by atoms with E-state index in [4.69, 9.17) is 14.9 Å². The number of carboxylic acid groups (broad SMARTS) is 2. The van der Waals surface area contributed by atoms with Crippen molar-refractivity contribution < 1.29 is 34.1 Å². The van der Waals surface area contributed by atoms with Crippen LogP contribution in [0, 0.1) is 0 Å². The molecule has 0 saturated heterocycles. The molecule has 0 spiro atoms. The average Bonchev–Trinajstić information content (AvgIpc) is 2.09. The number of nitrogens with zero attached hydrogens (tertiary/aromatic N) is 1. The predicted molar refractivity (Wildman–Crippen MR) is 57.8 cm³/mol. The van der Waals surface area contributed by atoms with Gasteiger partial charge in [0.05, 0.1) is 0 Å². The number of carbonyl (C=O) groups excluding carboxylic acids is 2. The third-order valence-corrected chi connectivity index (χ3v) is 1.51. The van der Waals surface area contributed by atoms with Crippen molar-refractivity contribution >= 4 is 23.9 Å². The van der Waals surface area contributed by atoms with Gasteiger partial charge in [0.1, 0.15) is 18.6 Å². The summed E-state index contributed by atoms with van der Waals surface area (Å²) in [7, 11) is 0. The zero-order valence-corrected chi connectivity index (χ0v) is 10.3. The first-order valence-corrected chi connectivity index (χ1v) is 5.00. The number of amides is 2. The topological polar surface area (TPSA) is 121 Å². The Balaban J connectivity index is 4.88. The van der Waals surface area contributed by atoms with Gasteiger partial charge in [0.25, 0.3) is 0 Å². The molecule has 0 saturated carbocycles. The summed E-state index contributed by atoms with van der Waals surface area (Å²) < 4.78 is 4.81. The van der Waals surface area contributed by atoms with Crippen molar-refractivity contribution in [3.05, 3.63) is 0 Å². The van der Waals surface area contributed by atoms with Gasteiger partial charge in [0.2, 0.25) is 5.91 Å². The second-order valence-corrected chi connectivity index (χ2v) is 4.42. The third kappa shape index (κ3) is 6.46. The Bertz CT molecular complexity index is 369. The van der Waals surface area contributed by atoms with E-state index in [1.807, 2.05) is 0 Å². The van der Waals surface area contributed by atoms with Crippen molar-refractivity contribution in [3.8, 4) is 0 Å². The average molecular weight is 261 g/mol. The normalized spacial score (nSPS) is 10.6. The molecule has 0 aromatic carbocycles. The van der Waals surface area contributed by atoms with E-state index in [1.165, 1.54) is 20.8 Å². The van der Waals surface area contributed by atoms with Crippen LogP contribution in [0.15, 0.2) is 0 Å². The Morgan fingerprint density at radius 2 is 1.56 bits per heavy atom. The summed E-state index contributed by atoms with van der Waals surface area (Å²) in [4.78, 5) is 44.1. The number of hydrogen-bond acceptors (Lipinski definition) is 5. The van der Waals surface area contributed by atoms with Crippen molar-refractivity contribution in [2.75, 3.05) is 6.54 Å². The highest BCUT2D eigenvalue weighted by Gasteiger charge is 2.29. The molecule has 0 aliphatic heterocycles. The van der Waals surface area contributed by atoms with Gasteiger partial charge in [-0.05, 0) is 20.8 Å². The van der Waals surface area contributed by atoms with E-state index >= 15 is 0 Å². The van der Waals surface area contributed by atoms with E-state index in [-0.39, 0.29) is 4.90 Å². The first-order chi connectivity index (χ1) is 8.03. The zero-order chi connectivity index (χ0) is 14.5. The summed E-state index contributed by atoms with van der Waals surface area (Å²) in [5, 5.41) is 17.0. The Hall–Kier alpha value is -2.12. The number of carboxylic acids is 2. The van der Waals surface area contributed by atoms with E-state index in [2.05, 4.69) is 0 Å².